The fourth-order valence-electron chi connectivity index (χ4n) is 3.97. The van der Waals surface area contributed by atoms with E-state index >= 15 is 0 Å². The first-order valence-electron chi connectivity index (χ1n) is 9.99. The maximum atomic E-state index is 12.8. The second kappa shape index (κ2) is 7.54. The van der Waals surface area contributed by atoms with E-state index in [1.54, 1.807) is 24.3 Å². The summed E-state index contributed by atoms with van der Waals surface area (Å²) in [6, 6.07) is 7.99. The lowest BCUT2D eigenvalue weighted by molar-refractivity contribution is -0.138. The van der Waals surface area contributed by atoms with E-state index in [1.165, 1.54) is 11.0 Å². The number of pyridine rings is 1. The lowest BCUT2D eigenvalue weighted by Crippen LogP contribution is -2.52. The van der Waals surface area contributed by atoms with Crippen molar-refractivity contribution in [3.05, 3.63) is 59.3 Å². The summed E-state index contributed by atoms with van der Waals surface area (Å²) in [5.74, 6) is -0.789. The van der Waals surface area contributed by atoms with E-state index in [9.17, 15) is 27.6 Å². The molecule has 8 nitrogen and oxygen atoms in total. The Morgan fingerprint density at radius 2 is 1.88 bits per heavy atom. The minimum absolute atomic E-state index is 0.167. The van der Waals surface area contributed by atoms with E-state index in [0.29, 0.717) is 22.5 Å². The zero-order valence-electron chi connectivity index (χ0n) is 16.8. The van der Waals surface area contributed by atoms with Gasteiger partial charge in [0.1, 0.15) is 11.7 Å². The maximum Gasteiger partial charge on any atom is 0.417 e. The number of imide groups is 1. The highest BCUT2D eigenvalue weighted by Gasteiger charge is 2.39. The number of aromatic nitrogens is 2. The Bertz CT molecular complexity index is 1280. The first-order valence-corrected chi connectivity index (χ1v) is 9.99. The van der Waals surface area contributed by atoms with E-state index in [2.05, 4.69) is 15.5 Å². The minimum atomic E-state index is -4.48. The van der Waals surface area contributed by atoms with Crippen molar-refractivity contribution in [2.75, 3.05) is 0 Å². The predicted molar refractivity (Wildman–Crippen MR) is 106 cm³/mol. The van der Waals surface area contributed by atoms with Crippen LogP contribution in [0.4, 0.5) is 13.2 Å². The van der Waals surface area contributed by atoms with Crippen molar-refractivity contribution in [3.63, 3.8) is 0 Å². The number of hydrogen-bond donors (Lipinski definition) is 1. The molecule has 0 spiro atoms. The Morgan fingerprint density at radius 3 is 2.58 bits per heavy atom. The molecule has 1 atom stereocenters. The number of piperidine rings is 1. The number of alkyl halides is 3. The highest BCUT2D eigenvalue weighted by molar-refractivity contribution is 6.05. The number of nitrogens with one attached hydrogen (secondary N) is 1. The molecule has 11 heteroatoms. The van der Waals surface area contributed by atoms with Gasteiger partial charge in [-0.1, -0.05) is 11.2 Å². The van der Waals surface area contributed by atoms with Crippen LogP contribution in [0.1, 0.15) is 34.3 Å². The molecular formula is C22H15F3N4O4. The third kappa shape index (κ3) is 3.75. The van der Waals surface area contributed by atoms with E-state index in [0.717, 1.165) is 12.3 Å². The number of fused-ring (bicyclic) bond motifs is 1. The number of amides is 3. The fourth-order valence-corrected chi connectivity index (χ4v) is 3.97. The van der Waals surface area contributed by atoms with Gasteiger partial charge in [-0.3, -0.25) is 24.7 Å². The summed E-state index contributed by atoms with van der Waals surface area (Å²) in [6.07, 6.45) is -3.32. The van der Waals surface area contributed by atoms with Gasteiger partial charge in [0, 0.05) is 36.4 Å². The molecule has 1 saturated heterocycles. The molecule has 2 aliphatic rings. The molecule has 168 valence electrons. The van der Waals surface area contributed by atoms with Gasteiger partial charge >= 0.3 is 6.18 Å². The standard InChI is InChI=1S/C22H15F3N4O4/c23-22(24,25)13-2-4-15(26-9-13)16-8-18(33-28-16)11-1-3-14-12(7-11)10-29(21(14)32)17-5-6-19(30)27-20(17)31/h1-4,7-9,17H,5-6,10H2,(H,27,30,31). The number of hydrogen-bond acceptors (Lipinski definition) is 6. The van der Waals surface area contributed by atoms with Crippen molar-refractivity contribution >= 4 is 17.7 Å². The van der Waals surface area contributed by atoms with Gasteiger partial charge in [-0.05, 0) is 36.2 Å². The van der Waals surface area contributed by atoms with Crippen molar-refractivity contribution in [1.82, 2.24) is 20.4 Å². The van der Waals surface area contributed by atoms with Crippen molar-refractivity contribution in [2.45, 2.75) is 31.6 Å². The molecular weight excluding hydrogens is 441 g/mol. The summed E-state index contributed by atoms with van der Waals surface area (Å²) in [6.45, 7) is 0.204. The molecule has 1 aromatic carbocycles. The molecule has 4 heterocycles. The van der Waals surface area contributed by atoms with Gasteiger partial charge in [-0.25, -0.2) is 0 Å². The second-order valence-corrected chi connectivity index (χ2v) is 7.78. The number of halogens is 3. The van der Waals surface area contributed by atoms with Gasteiger partial charge in [0.05, 0.1) is 11.3 Å². The van der Waals surface area contributed by atoms with Gasteiger partial charge in [0.15, 0.2) is 5.76 Å². The normalized spacial score (nSPS) is 18.5. The Labute approximate surface area is 184 Å². The number of nitrogens with zero attached hydrogens (tertiary/aromatic N) is 3. The zero-order valence-corrected chi connectivity index (χ0v) is 16.8. The summed E-state index contributed by atoms with van der Waals surface area (Å²) >= 11 is 0. The Balaban J connectivity index is 1.37. The van der Waals surface area contributed by atoms with Crippen LogP contribution >= 0.6 is 0 Å². The van der Waals surface area contributed by atoms with Gasteiger partial charge < -0.3 is 9.42 Å². The first kappa shape index (κ1) is 20.9. The number of benzene rings is 1. The monoisotopic (exact) mass is 456 g/mol. The van der Waals surface area contributed by atoms with Crippen molar-refractivity contribution in [3.8, 4) is 22.7 Å². The average molecular weight is 456 g/mol. The molecule has 1 unspecified atom stereocenters. The quantitative estimate of drug-likeness (QED) is 0.607. The lowest BCUT2D eigenvalue weighted by Gasteiger charge is -2.29. The highest BCUT2D eigenvalue weighted by Crippen LogP contribution is 2.33. The van der Waals surface area contributed by atoms with Crippen LogP contribution in [0.2, 0.25) is 0 Å². The van der Waals surface area contributed by atoms with Crippen LogP contribution in [-0.2, 0) is 22.3 Å². The van der Waals surface area contributed by atoms with Gasteiger partial charge in [0.25, 0.3) is 5.91 Å². The van der Waals surface area contributed by atoms with Crippen LogP contribution in [0.15, 0.2) is 47.1 Å². The molecule has 3 amide bonds. The molecule has 5 rings (SSSR count). The largest absolute Gasteiger partial charge is 0.417 e. The highest BCUT2D eigenvalue weighted by atomic mass is 19.4. The fraction of sp³-hybridized carbons (Fsp3) is 0.227. The maximum absolute atomic E-state index is 12.8. The van der Waals surface area contributed by atoms with Crippen molar-refractivity contribution in [1.29, 1.82) is 0 Å². The molecule has 3 aromatic rings. The smallest absolute Gasteiger partial charge is 0.356 e. The third-order valence-corrected chi connectivity index (χ3v) is 5.67. The van der Waals surface area contributed by atoms with Gasteiger partial charge in [-0.2, -0.15) is 13.2 Å². The first-order chi connectivity index (χ1) is 15.7. The molecule has 2 aliphatic heterocycles. The number of carbonyl (C=O) groups is 3. The Morgan fingerprint density at radius 1 is 1.06 bits per heavy atom. The van der Waals surface area contributed by atoms with Crippen LogP contribution in [0.25, 0.3) is 22.7 Å². The molecule has 2 aromatic heterocycles. The molecule has 1 fully saturated rings. The van der Waals surface area contributed by atoms with E-state index in [-0.39, 0.29) is 42.6 Å². The topological polar surface area (TPSA) is 105 Å². The minimum Gasteiger partial charge on any atom is -0.356 e. The van der Waals surface area contributed by atoms with Gasteiger partial charge in [0.2, 0.25) is 11.8 Å². The number of carbonyl (C=O) groups excluding carboxylic acids is 3. The zero-order chi connectivity index (χ0) is 23.3. The second-order valence-electron chi connectivity index (χ2n) is 7.78. The summed E-state index contributed by atoms with van der Waals surface area (Å²) < 4.78 is 43.5. The molecule has 0 bridgehead atoms. The van der Waals surface area contributed by atoms with E-state index < -0.39 is 23.7 Å². The molecule has 0 radical (unpaired) electrons. The molecule has 0 aliphatic carbocycles. The summed E-state index contributed by atoms with van der Waals surface area (Å²) in [5.41, 5.74) is 1.37. The van der Waals surface area contributed by atoms with Crippen LogP contribution in [-0.4, -0.2) is 38.8 Å². The van der Waals surface area contributed by atoms with Crippen LogP contribution in [0.3, 0.4) is 0 Å². The Hall–Kier alpha value is -4.02. The van der Waals surface area contributed by atoms with E-state index in [4.69, 9.17) is 4.52 Å². The van der Waals surface area contributed by atoms with Crippen LogP contribution < -0.4 is 5.32 Å². The molecule has 1 N–H and O–H groups in total. The molecule has 0 saturated carbocycles. The summed E-state index contributed by atoms with van der Waals surface area (Å²) in [4.78, 5) is 41.6. The average Bonchev–Trinajstić information content (AvgIpc) is 3.39. The Kier molecular flexibility index (Phi) is 4.76. The van der Waals surface area contributed by atoms with Crippen molar-refractivity contribution in [2.24, 2.45) is 0 Å². The van der Waals surface area contributed by atoms with Crippen LogP contribution in [0.5, 0.6) is 0 Å². The van der Waals surface area contributed by atoms with Crippen molar-refractivity contribution < 1.29 is 32.1 Å². The third-order valence-electron chi connectivity index (χ3n) is 5.67. The lowest BCUT2D eigenvalue weighted by atomic mass is 10.0. The van der Waals surface area contributed by atoms with E-state index in [1.807, 2.05) is 0 Å². The van der Waals surface area contributed by atoms with Gasteiger partial charge in [-0.15, -0.1) is 0 Å². The SMILES string of the molecule is O=C1CCC(N2Cc3cc(-c4cc(-c5ccc(C(F)(F)F)cn5)no4)ccc3C2=O)C(=O)N1. The number of rotatable bonds is 3. The molecule has 33 heavy (non-hydrogen) atoms. The summed E-state index contributed by atoms with van der Waals surface area (Å²) in [5, 5.41) is 6.15. The summed E-state index contributed by atoms with van der Waals surface area (Å²) in [7, 11) is 0. The van der Waals surface area contributed by atoms with Crippen LogP contribution in [0, 0.1) is 0 Å². The predicted octanol–water partition coefficient (Wildman–Crippen LogP) is 3.18.